The molecule has 0 unspecified atom stereocenters. The van der Waals surface area contributed by atoms with Crippen LogP contribution < -0.4 is 0 Å². The van der Waals surface area contributed by atoms with Crippen molar-refractivity contribution in [2.24, 2.45) is 0 Å². The van der Waals surface area contributed by atoms with Crippen LogP contribution in [-0.4, -0.2) is 21.3 Å². The number of rotatable bonds is 4. The van der Waals surface area contributed by atoms with E-state index in [4.69, 9.17) is 5.11 Å². The SMILES string of the molecule is OCCc1nc2ccccc2n1Cc1ccccc1F. The minimum absolute atomic E-state index is 0.0284. The van der Waals surface area contributed by atoms with Crippen LogP contribution in [0.4, 0.5) is 4.39 Å². The van der Waals surface area contributed by atoms with Gasteiger partial charge < -0.3 is 9.67 Å². The number of halogens is 1. The van der Waals surface area contributed by atoms with Gasteiger partial charge in [-0.25, -0.2) is 9.37 Å². The molecule has 1 aromatic heterocycles. The highest BCUT2D eigenvalue weighted by Gasteiger charge is 2.11. The maximum absolute atomic E-state index is 13.8. The number of imidazole rings is 1. The lowest BCUT2D eigenvalue weighted by Gasteiger charge is -2.09. The van der Waals surface area contributed by atoms with E-state index in [0.717, 1.165) is 16.9 Å². The smallest absolute Gasteiger partial charge is 0.128 e. The largest absolute Gasteiger partial charge is 0.396 e. The van der Waals surface area contributed by atoms with Gasteiger partial charge in [-0.15, -0.1) is 0 Å². The predicted octanol–water partition coefficient (Wildman–Crippen LogP) is 2.76. The Bertz CT molecular complexity index is 736. The first-order valence-electron chi connectivity index (χ1n) is 6.58. The number of aromatic nitrogens is 2. The third kappa shape index (κ3) is 2.30. The van der Waals surface area contributed by atoms with Crippen molar-refractivity contribution < 1.29 is 9.50 Å². The number of aliphatic hydroxyl groups is 1. The summed E-state index contributed by atoms with van der Waals surface area (Å²) in [5, 5.41) is 9.16. The molecular weight excluding hydrogens is 255 g/mol. The van der Waals surface area contributed by atoms with E-state index < -0.39 is 0 Å². The molecule has 0 atom stereocenters. The molecule has 3 rings (SSSR count). The molecule has 0 aliphatic rings. The zero-order valence-electron chi connectivity index (χ0n) is 11.0. The van der Waals surface area contributed by atoms with Gasteiger partial charge in [-0.1, -0.05) is 30.3 Å². The summed E-state index contributed by atoms with van der Waals surface area (Å²) in [4.78, 5) is 4.51. The van der Waals surface area contributed by atoms with Gasteiger partial charge in [-0.05, 0) is 18.2 Å². The molecule has 3 aromatic rings. The van der Waals surface area contributed by atoms with E-state index in [1.807, 2.05) is 34.9 Å². The van der Waals surface area contributed by atoms with Gasteiger partial charge in [-0.2, -0.15) is 0 Å². The first-order chi connectivity index (χ1) is 9.79. The average Bonchev–Trinajstić information content (AvgIpc) is 2.80. The molecule has 0 saturated carbocycles. The van der Waals surface area contributed by atoms with Crippen molar-refractivity contribution >= 4 is 11.0 Å². The second kappa shape index (κ2) is 5.43. The number of hydrogen-bond donors (Lipinski definition) is 1. The molecule has 4 heteroatoms. The second-order valence-corrected chi connectivity index (χ2v) is 4.67. The first kappa shape index (κ1) is 12.8. The van der Waals surface area contributed by atoms with Crippen molar-refractivity contribution in [2.45, 2.75) is 13.0 Å². The van der Waals surface area contributed by atoms with E-state index in [0.29, 0.717) is 18.5 Å². The average molecular weight is 270 g/mol. The molecule has 0 aliphatic heterocycles. The van der Waals surface area contributed by atoms with Gasteiger partial charge in [0.05, 0.1) is 24.2 Å². The van der Waals surface area contributed by atoms with Crippen LogP contribution in [0.5, 0.6) is 0 Å². The Balaban J connectivity index is 2.09. The van der Waals surface area contributed by atoms with Gasteiger partial charge in [0.25, 0.3) is 0 Å². The van der Waals surface area contributed by atoms with E-state index >= 15 is 0 Å². The minimum Gasteiger partial charge on any atom is -0.396 e. The van der Waals surface area contributed by atoms with E-state index in [9.17, 15) is 4.39 Å². The summed E-state index contributed by atoms with van der Waals surface area (Å²) in [7, 11) is 0. The van der Waals surface area contributed by atoms with Crippen LogP contribution in [0.25, 0.3) is 11.0 Å². The fourth-order valence-electron chi connectivity index (χ4n) is 2.39. The van der Waals surface area contributed by atoms with E-state index in [1.54, 1.807) is 12.1 Å². The molecule has 1 N–H and O–H groups in total. The lowest BCUT2D eigenvalue weighted by molar-refractivity contribution is 0.295. The number of para-hydroxylation sites is 2. The number of fused-ring (bicyclic) bond motifs is 1. The summed E-state index contributed by atoms with van der Waals surface area (Å²) in [5.74, 6) is 0.553. The molecule has 0 fully saturated rings. The number of benzene rings is 2. The van der Waals surface area contributed by atoms with Crippen LogP contribution in [-0.2, 0) is 13.0 Å². The molecule has 0 amide bonds. The van der Waals surface area contributed by atoms with E-state index in [1.165, 1.54) is 6.07 Å². The van der Waals surface area contributed by atoms with Crippen LogP contribution in [0.2, 0.25) is 0 Å². The van der Waals surface area contributed by atoms with E-state index in [2.05, 4.69) is 4.98 Å². The number of hydrogen-bond acceptors (Lipinski definition) is 2. The summed E-state index contributed by atoms with van der Waals surface area (Å²) < 4.78 is 15.8. The zero-order valence-corrected chi connectivity index (χ0v) is 11.0. The lowest BCUT2D eigenvalue weighted by atomic mass is 10.2. The lowest BCUT2D eigenvalue weighted by Crippen LogP contribution is -2.08. The van der Waals surface area contributed by atoms with Crippen LogP contribution in [0.1, 0.15) is 11.4 Å². The number of nitrogens with zero attached hydrogens (tertiary/aromatic N) is 2. The summed E-state index contributed by atoms with van der Waals surface area (Å²) in [6.45, 7) is 0.448. The Labute approximate surface area is 116 Å². The van der Waals surface area contributed by atoms with Crippen molar-refractivity contribution in [3.63, 3.8) is 0 Å². The molecule has 0 saturated heterocycles. The maximum Gasteiger partial charge on any atom is 0.128 e. The third-order valence-electron chi connectivity index (χ3n) is 3.36. The first-order valence-corrected chi connectivity index (χ1v) is 6.58. The van der Waals surface area contributed by atoms with Gasteiger partial charge >= 0.3 is 0 Å². The molecule has 0 aliphatic carbocycles. The van der Waals surface area contributed by atoms with Gasteiger partial charge in [0, 0.05) is 12.0 Å². The Morgan fingerprint density at radius 1 is 1.05 bits per heavy atom. The van der Waals surface area contributed by atoms with Crippen LogP contribution in [0.15, 0.2) is 48.5 Å². The molecule has 0 spiro atoms. The van der Waals surface area contributed by atoms with Crippen LogP contribution in [0, 0.1) is 5.82 Å². The topological polar surface area (TPSA) is 38.1 Å². The molecule has 102 valence electrons. The number of aliphatic hydroxyl groups excluding tert-OH is 1. The molecular formula is C16H15FN2O. The summed E-state index contributed by atoms with van der Waals surface area (Å²) >= 11 is 0. The monoisotopic (exact) mass is 270 g/mol. The molecule has 20 heavy (non-hydrogen) atoms. The highest BCUT2D eigenvalue weighted by molar-refractivity contribution is 5.76. The van der Waals surface area contributed by atoms with Gasteiger partial charge in [0.15, 0.2) is 0 Å². The van der Waals surface area contributed by atoms with Gasteiger partial charge in [-0.3, -0.25) is 0 Å². The van der Waals surface area contributed by atoms with Crippen LogP contribution in [0.3, 0.4) is 0 Å². The van der Waals surface area contributed by atoms with Gasteiger partial charge in [0.1, 0.15) is 11.6 Å². The highest BCUT2D eigenvalue weighted by Crippen LogP contribution is 2.19. The molecule has 3 nitrogen and oxygen atoms in total. The molecule has 2 aromatic carbocycles. The quantitative estimate of drug-likeness (QED) is 0.791. The maximum atomic E-state index is 13.8. The van der Waals surface area contributed by atoms with Gasteiger partial charge in [0.2, 0.25) is 0 Å². The minimum atomic E-state index is -0.222. The second-order valence-electron chi connectivity index (χ2n) is 4.67. The van der Waals surface area contributed by atoms with Crippen molar-refractivity contribution in [2.75, 3.05) is 6.61 Å². The Morgan fingerprint density at radius 2 is 1.80 bits per heavy atom. The highest BCUT2D eigenvalue weighted by atomic mass is 19.1. The summed E-state index contributed by atoms with van der Waals surface area (Å²) in [6, 6.07) is 14.5. The Kier molecular flexibility index (Phi) is 3.48. The predicted molar refractivity (Wildman–Crippen MR) is 76.0 cm³/mol. The van der Waals surface area contributed by atoms with Crippen molar-refractivity contribution in [1.29, 1.82) is 0 Å². The Hall–Kier alpha value is -2.20. The summed E-state index contributed by atoms with van der Waals surface area (Å²) in [5.41, 5.74) is 2.45. The molecule has 1 heterocycles. The van der Waals surface area contributed by atoms with Crippen molar-refractivity contribution in [3.05, 3.63) is 65.7 Å². The van der Waals surface area contributed by atoms with Crippen molar-refractivity contribution in [3.8, 4) is 0 Å². The summed E-state index contributed by atoms with van der Waals surface area (Å²) in [6.07, 6.45) is 0.461. The fourth-order valence-corrected chi connectivity index (χ4v) is 2.39. The fraction of sp³-hybridized carbons (Fsp3) is 0.188. The molecule has 0 radical (unpaired) electrons. The van der Waals surface area contributed by atoms with E-state index in [-0.39, 0.29) is 12.4 Å². The normalized spacial score (nSPS) is 11.1. The van der Waals surface area contributed by atoms with Crippen molar-refractivity contribution in [1.82, 2.24) is 9.55 Å². The third-order valence-corrected chi connectivity index (χ3v) is 3.36. The standard InChI is InChI=1S/C16H15FN2O/c17-13-6-2-1-5-12(13)11-19-15-8-4-3-7-14(15)18-16(19)9-10-20/h1-8,20H,9-11H2. The molecule has 0 bridgehead atoms. The Morgan fingerprint density at radius 3 is 2.60 bits per heavy atom. The van der Waals surface area contributed by atoms with Crippen LogP contribution >= 0.6 is 0 Å². The zero-order chi connectivity index (χ0) is 13.9.